The average Bonchev–Trinajstić information content (AvgIpc) is 2.97. The maximum atomic E-state index is 11.2. The highest BCUT2D eigenvalue weighted by Gasteiger charge is 2.15. The molecular formula is C19H17NO3S. The minimum Gasteiger partial charge on any atom is -0.489 e. The SMILES string of the molecule is Cc1ccc(COc2cccc(-c3nc(C)c(C(=O)O)s3)c2)cc1. The van der Waals surface area contributed by atoms with Crippen molar-refractivity contribution in [3.05, 3.63) is 70.2 Å². The number of nitrogens with zero attached hydrogens (tertiary/aromatic N) is 1. The van der Waals surface area contributed by atoms with Crippen LogP contribution < -0.4 is 4.74 Å². The Labute approximate surface area is 144 Å². The predicted octanol–water partition coefficient (Wildman–Crippen LogP) is 4.70. The molecule has 1 heterocycles. The van der Waals surface area contributed by atoms with Crippen LogP contribution >= 0.6 is 11.3 Å². The fourth-order valence-electron chi connectivity index (χ4n) is 2.29. The van der Waals surface area contributed by atoms with Crippen molar-refractivity contribution in [3.8, 4) is 16.3 Å². The van der Waals surface area contributed by atoms with E-state index < -0.39 is 5.97 Å². The van der Waals surface area contributed by atoms with Crippen LogP contribution in [0.2, 0.25) is 0 Å². The van der Waals surface area contributed by atoms with E-state index in [4.69, 9.17) is 9.84 Å². The summed E-state index contributed by atoms with van der Waals surface area (Å²) < 4.78 is 5.84. The molecule has 122 valence electrons. The van der Waals surface area contributed by atoms with E-state index >= 15 is 0 Å². The molecule has 0 radical (unpaired) electrons. The van der Waals surface area contributed by atoms with E-state index in [2.05, 4.69) is 24.0 Å². The first-order valence-corrected chi connectivity index (χ1v) is 8.34. The Bertz CT molecular complexity index is 869. The van der Waals surface area contributed by atoms with Gasteiger partial charge in [-0.15, -0.1) is 11.3 Å². The zero-order valence-corrected chi connectivity index (χ0v) is 14.3. The first-order chi connectivity index (χ1) is 11.5. The van der Waals surface area contributed by atoms with Crippen LogP contribution in [-0.2, 0) is 6.61 Å². The van der Waals surface area contributed by atoms with Gasteiger partial charge in [0.15, 0.2) is 0 Å². The molecule has 0 spiro atoms. The third-order valence-electron chi connectivity index (χ3n) is 3.60. The molecule has 0 saturated carbocycles. The Morgan fingerprint density at radius 2 is 1.92 bits per heavy atom. The van der Waals surface area contributed by atoms with E-state index in [0.717, 1.165) is 16.9 Å². The quantitative estimate of drug-likeness (QED) is 0.732. The van der Waals surface area contributed by atoms with Crippen molar-refractivity contribution in [2.45, 2.75) is 20.5 Å². The number of rotatable bonds is 5. The van der Waals surface area contributed by atoms with Gasteiger partial charge in [-0.25, -0.2) is 9.78 Å². The zero-order chi connectivity index (χ0) is 17.1. The third kappa shape index (κ3) is 3.63. The van der Waals surface area contributed by atoms with E-state index in [0.29, 0.717) is 17.3 Å². The Hall–Kier alpha value is -2.66. The molecule has 0 saturated heterocycles. The Morgan fingerprint density at radius 1 is 1.17 bits per heavy atom. The highest BCUT2D eigenvalue weighted by molar-refractivity contribution is 7.17. The fourth-order valence-corrected chi connectivity index (χ4v) is 3.19. The maximum absolute atomic E-state index is 11.2. The zero-order valence-electron chi connectivity index (χ0n) is 13.4. The number of hydrogen-bond acceptors (Lipinski definition) is 4. The lowest BCUT2D eigenvalue weighted by Crippen LogP contribution is -1.95. The normalized spacial score (nSPS) is 10.6. The number of carboxylic acid groups (broad SMARTS) is 1. The van der Waals surface area contributed by atoms with E-state index in [9.17, 15) is 4.79 Å². The van der Waals surface area contributed by atoms with Crippen molar-refractivity contribution < 1.29 is 14.6 Å². The van der Waals surface area contributed by atoms with Crippen molar-refractivity contribution >= 4 is 17.3 Å². The van der Waals surface area contributed by atoms with E-state index in [-0.39, 0.29) is 4.88 Å². The van der Waals surface area contributed by atoms with E-state index in [1.165, 1.54) is 16.9 Å². The van der Waals surface area contributed by atoms with Crippen molar-refractivity contribution in [1.82, 2.24) is 4.98 Å². The van der Waals surface area contributed by atoms with Gasteiger partial charge in [0.25, 0.3) is 0 Å². The number of carboxylic acids is 1. The Kier molecular flexibility index (Phi) is 4.62. The standard InChI is InChI=1S/C19H17NO3S/c1-12-6-8-14(9-7-12)11-23-16-5-3-4-15(10-16)18-20-13(2)17(24-18)19(21)22/h3-10H,11H2,1-2H3,(H,21,22). The molecule has 0 aliphatic rings. The number of hydrogen-bond donors (Lipinski definition) is 1. The molecule has 3 aromatic rings. The molecule has 0 fully saturated rings. The van der Waals surface area contributed by atoms with Gasteiger partial charge in [-0.2, -0.15) is 0 Å². The van der Waals surface area contributed by atoms with Crippen LogP contribution in [0.5, 0.6) is 5.75 Å². The molecule has 24 heavy (non-hydrogen) atoms. The second-order valence-electron chi connectivity index (χ2n) is 5.54. The lowest BCUT2D eigenvalue weighted by atomic mass is 10.2. The molecule has 4 nitrogen and oxygen atoms in total. The maximum Gasteiger partial charge on any atom is 0.347 e. The Morgan fingerprint density at radius 3 is 2.58 bits per heavy atom. The van der Waals surface area contributed by atoms with Gasteiger partial charge in [0, 0.05) is 5.56 Å². The predicted molar refractivity (Wildman–Crippen MR) is 94.8 cm³/mol. The molecule has 2 aromatic carbocycles. The fraction of sp³-hybridized carbons (Fsp3) is 0.158. The smallest absolute Gasteiger partial charge is 0.347 e. The van der Waals surface area contributed by atoms with Gasteiger partial charge in [-0.3, -0.25) is 0 Å². The molecule has 0 amide bonds. The summed E-state index contributed by atoms with van der Waals surface area (Å²) in [6.45, 7) is 4.25. The van der Waals surface area contributed by atoms with Crippen LogP contribution in [0.1, 0.15) is 26.5 Å². The summed E-state index contributed by atoms with van der Waals surface area (Å²) in [5, 5.41) is 9.84. The Balaban J connectivity index is 1.77. The highest BCUT2D eigenvalue weighted by atomic mass is 32.1. The van der Waals surface area contributed by atoms with Gasteiger partial charge in [-0.1, -0.05) is 42.0 Å². The van der Waals surface area contributed by atoms with Crippen LogP contribution in [0.25, 0.3) is 10.6 Å². The number of ether oxygens (including phenoxy) is 1. The first kappa shape index (κ1) is 16.2. The van der Waals surface area contributed by atoms with E-state index in [1.807, 2.05) is 36.4 Å². The molecular weight excluding hydrogens is 322 g/mol. The second kappa shape index (κ2) is 6.84. The molecule has 3 rings (SSSR count). The van der Waals surface area contributed by atoms with Crippen LogP contribution in [0, 0.1) is 13.8 Å². The third-order valence-corrected chi connectivity index (χ3v) is 4.79. The summed E-state index contributed by atoms with van der Waals surface area (Å²) in [6, 6.07) is 15.8. The van der Waals surface area contributed by atoms with Crippen molar-refractivity contribution in [3.63, 3.8) is 0 Å². The molecule has 0 bridgehead atoms. The van der Waals surface area contributed by atoms with E-state index in [1.54, 1.807) is 6.92 Å². The van der Waals surface area contributed by atoms with Crippen molar-refractivity contribution in [2.75, 3.05) is 0 Å². The molecule has 0 atom stereocenters. The van der Waals surface area contributed by atoms with Crippen LogP contribution in [-0.4, -0.2) is 16.1 Å². The molecule has 0 aliphatic carbocycles. The van der Waals surface area contributed by atoms with Crippen LogP contribution in [0.15, 0.2) is 48.5 Å². The van der Waals surface area contributed by atoms with Crippen molar-refractivity contribution in [2.24, 2.45) is 0 Å². The van der Waals surface area contributed by atoms with Gasteiger partial charge in [-0.05, 0) is 31.5 Å². The number of carbonyl (C=O) groups is 1. The summed E-state index contributed by atoms with van der Waals surface area (Å²) in [7, 11) is 0. The van der Waals surface area contributed by atoms with Gasteiger partial charge in [0.05, 0.1) is 5.69 Å². The molecule has 1 aromatic heterocycles. The largest absolute Gasteiger partial charge is 0.489 e. The van der Waals surface area contributed by atoms with Crippen LogP contribution in [0.4, 0.5) is 0 Å². The van der Waals surface area contributed by atoms with Gasteiger partial charge in [0.1, 0.15) is 22.2 Å². The number of aromatic nitrogens is 1. The average molecular weight is 339 g/mol. The van der Waals surface area contributed by atoms with Crippen LogP contribution in [0.3, 0.4) is 0 Å². The number of aryl methyl sites for hydroxylation is 2. The number of benzene rings is 2. The molecule has 0 aliphatic heterocycles. The van der Waals surface area contributed by atoms with Gasteiger partial charge in [0.2, 0.25) is 0 Å². The second-order valence-corrected chi connectivity index (χ2v) is 6.54. The number of thiazole rings is 1. The first-order valence-electron chi connectivity index (χ1n) is 7.52. The monoisotopic (exact) mass is 339 g/mol. The molecule has 0 unspecified atom stereocenters. The summed E-state index contributed by atoms with van der Waals surface area (Å²) in [5.74, 6) is -0.208. The lowest BCUT2D eigenvalue weighted by Gasteiger charge is -2.07. The lowest BCUT2D eigenvalue weighted by molar-refractivity contribution is 0.0701. The number of aromatic carboxylic acids is 1. The van der Waals surface area contributed by atoms with Gasteiger partial charge >= 0.3 is 5.97 Å². The van der Waals surface area contributed by atoms with Gasteiger partial charge < -0.3 is 9.84 Å². The molecule has 1 N–H and O–H groups in total. The summed E-state index contributed by atoms with van der Waals surface area (Å²) in [5.41, 5.74) is 3.71. The summed E-state index contributed by atoms with van der Waals surface area (Å²) in [6.07, 6.45) is 0. The topological polar surface area (TPSA) is 59.4 Å². The minimum atomic E-state index is -0.942. The highest BCUT2D eigenvalue weighted by Crippen LogP contribution is 2.30. The summed E-state index contributed by atoms with van der Waals surface area (Å²) in [4.78, 5) is 15.8. The minimum absolute atomic E-state index is 0.274. The van der Waals surface area contributed by atoms with Crippen molar-refractivity contribution in [1.29, 1.82) is 0 Å². The summed E-state index contributed by atoms with van der Waals surface area (Å²) >= 11 is 1.18. The molecule has 5 heteroatoms.